The number of ether oxygens (including phenoxy) is 2. The van der Waals surface area contributed by atoms with Crippen molar-refractivity contribution in [2.45, 2.75) is 63.8 Å². The molecule has 40 heavy (non-hydrogen) atoms. The summed E-state index contributed by atoms with van der Waals surface area (Å²) in [7, 11) is 0. The normalized spacial score (nSPS) is 34.6. The minimum atomic E-state index is -0.00320. The van der Waals surface area contributed by atoms with Gasteiger partial charge in [-0.1, -0.05) is 24.3 Å². The zero-order valence-corrected chi connectivity index (χ0v) is 23.6. The Hall–Kier alpha value is -3.10. The SMILES string of the molecule is Cc1cccc2c1nc1n2C[C@@]2(CN3CCC2CC3)O1.Cc1cccc2c1nc1n2C[C@]2(CN3CCC2CC3)O1. The molecule has 0 saturated carbocycles. The van der Waals surface area contributed by atoms with Gasteiger partial charge in [0.05, 0.1) is 35.2 Å². The molecule has 8 heteroatoms. The minimum Gasteiger partial charge on any atom is -0.454 e. The first kappa shape index (κ1) is 23.6. The summed E-state index contributed by atoms with van der Waals surface area (Å²) in [6, 6.07) is 14.5. The summed E-state index contributed by atoms with van der Waals surface area (Å²) in [4.78, 5) is 14.6. The maximum Gasteiger partial charge on any atom is 0.298 e. The quantitative estimate of drug-likeness (QED) is 0.331. The van der Waals surface area contributed by atoms with Crippen molar-refractivity contribution in [1.29, 1.82) is 0 Å². The summed E-state index contributed by atoms with van der Waals surface area (Å²) in [5.41, 5.74) is 7.11. The van der Waals surface area contributed by atoms with Crippen LogP contribution in [0.1, 0.15) is 36.8 Å². The van der Waals surface area contributed by atoms with Gasteiger partial charge in [-0.3, -0.25) is 18.9 Å². The van der Waals surface area contributed by atoms with Gasteiger partial charge in [-0.15, -0.1) is 0 Å². The second-order valence-electron chi connectivity index (χ2n) is 13.3. The maximum absolute atomic E-state index is 6.42. The van der Waals surface area contributed by atoms with Gasteiger partial charge in [0.2, 0.25) is 0 Å². The fourth-order valence-corrected chi connectivity index (χ4v) is 8.80. The molecule has 2 atom stereocenters. The molecule has 208 valence electrons. The predicted molar refractivity (Wildman–Crippen MR) is 154 cm³/mol. The lowest BCUT2D eigenvalue weighted by Crippen LogP contribution is -2.61. The van der Waals surface area contributed by atoms with E-state index in [9.17, 15) is 0 Å². The van der Waals surface area contributed by atoms with E-state index >= 15 is 0 Å². The van der Waals surface area contributed by atoms with E-state index in [0.717, 1.165) is 49.2 Å². The largest absolute Gasteiger partial charge is 0.454 e. The van der Waals surface area contributed by atoms with E-state index in [2.05, 4.69) is 69.2 Å². The van der Waals surface area contributed by atoms with E-state index in [1.165, 1.54) is 74.0 Å². The number of fused-ring (bicyclic) bond motifs is 10. The molecule has 10 heterocycles. The van der Waals surface area contributed by atoms with Crippen molar-refractivity contribution in [3.8, 4) is 12.0 Å². The summed E-state index contributed by atoms with van der Waals surface area (Å²) in [6.07, 6.45) is 5.12. The Morgan fingerprint density at radius 1 is 0.625 bits per heavy atom. The number of imidazole rings is 2. The molecule has 8 aliphatic rings. The van der Waals surface area contributed by atoms with E-state index in [1.807, 2.05) is 0 Å². The molecule has 4 aromatic rings. The zero-order chi connectivity index (χ0) is 26.6. The lowest BCUT2D eigenvalue weighted by atomic mass is 9.75. The molecule has 2 spiro atoms. The number of piperidine rings is 6. The van der Waals surface area contributed by atoms with E-state index in [4.69, 9.17) is 19.4 Å². The van der Waals surface area contributed by atoms with Crippen molar-refractivity contribution < 1.29 is 9.47 Å². The molecule has 0 unspecified atom stereocenters. The summed E-state index contributed by atoms with van der Waals surface area (Å²) in [5, 5.41) is 0. The van der Waals surface area contributed by atoms with Gasteiger partial charge in [-0.05, 0) is 89.0 Å². The molecule has 8 aliphatic heterocycles. The summed E-state index contributed by atoms with van der Waals surface area (Å²) < 4.78 is 17.4. The Kier molecular flexibility index (Phi) is 4.85. The van der Waals surface area contributed by atoms with Crippen molar-refractivity contribution in [2.75, 3.05) is 39.3 Å². The summed E-state index contributed by atoms with van der Waals surface area (Å²) in [5.74, 6) is 1.41. The van der Waals surface area contributed by atoms with Crippen LogP contribution in [0.25, 0.3) is 22.1 Å². The molecule has 2 aromatic carbocycles. The van der Waals surface area contributed by atoms with Crippen molar-refractivity contribution in [1.82, 2.24) is 28.9 Å². The molecule has 4 bridgehead atoms. The molecule has 6 fully saturated rings. The van der Waals surface area contributed by atoms with Crippen LogP contribution in [0.5, 0.6) is 12.0 Å². The van der Waals surface area contributed by atoms with Crippen LogP contribution in [-0.4, -0.2) is 79.4 Å². The average molecular weight is 539 g/mol. The lowest BCUT2D eigenvalue weighted by Gasteiger charge is -2.50. The van der Waals surface area contributed by atoms with Gasteiger partial charge >= 0.3 is 0 Å². The third-order valence-corrected chi connectivity index (χ3v) is 11.0. The third kappa shape index (κ3) is 3.26. The topological polar surface area (TPSA) is 60.6 Å². The first-order valence-corrected chi connectivity index (χ1v) is 15.2. The molecule has 2 aromatic heterocycles. The highest BCUT2D eigenvalue weighted by Crippen LogP contribution is 2.46. The Balaban J connectivity index is 0.000000115. The Morgan fingerprint density at radius 3 is 1.43 bits per heavy atom. The van der Waals surface area contributed by atoms with E-state index in [0.29, 0.717) is 11.8 Å². The molecular formula is C32H38N6O2. The van der Waals surface area contributed by atoms with Gasteiger partial charge in [0.25, 0.3) is 12.0 Å². The van der Waals surface area contributed by atoms with Gasteiger partial charge in [0.15, 0.2) is 0 Å². The zero-order valence-electron chi connectivity index (χ0n) is 23.6. The number of para-hydroxylation sites is 2. The van der Waals surface area contributed by atoms with Crippen molar-refractivity contribution >= 4 is 22.1 Å². The van der Waals surface area contributed by atoms with Gasteiger partial charge in [-0.2, -0.15) is 9.97 Å². The van der Waals surface area contributed by atoms with Crippen LogP contribution < -0.4 is 9.47 Å². The number of rotatable bonds is 0. The molecule has 0 radical (unpaired) electrons. The van der Waals surface area contributed by atoms with Gasteiger partial charge in [0.1, 0.15) is 11.2 Å². The van der Waals surface area contributed by atoms with Crippen molar-refractivity contribution in [3.05, 3.63) is 47.5 Å². The highest BCUT2D eigenvalue weighted by molar-refractivity contribution is 5.81. The molecule has 8 nitrogen and oxygen atoms in total. The van der Waals surface area contributed by atoms with Crippen LogP contribution in [0.4, 0.5) is 0 Å². The standard InChI is InChI=1S/2C16H19N3O/c2*1-11-3-2-4-13-14(11)17-15-19(13)10-16(20-15)9-18-7-5-12(16)6-8-18/h2*2-4,12H,5-10H2,1H3/t2*16-/m10/s1. The van der Waals surface area contributed by atoms with Crippen LogP contribution in [0.15, 0.2) is 36.4 Å². The van der Waals surface area contributed by atoms with Gasteiger partial charge < -0.3 is 9.47 Å². The van der Waals surface area contributed by atoms with Crippen LogP contribution >= 0.6 is 0 Å². The lowest BCUT2D eigenvalue weighted by molar-refractivity contribution is -0.0833. The van der Waals surface area contributed by atoms with Crippen molar-refractivity contribution in [3.63, 3.8) is 0 Å². The maximum atomic E-state index is 6.42. The van der Waals surface area contributed by atoms with Gasteiger partial charge in [-0.25, -0.2) is 0 Å². The summed E-state index contributed by atoms with van der Waals surface area (Å²) >= 11 is 0. The molecule has 6 saturated heterocycles. The smallest absolute Gasteiger partial charge is 0.298 e. The highest BCUT2D eigenvalue weighted by atomic mass is 16.5. The van der Waals surface area contributed by atoms with Crippen LogP contribution in [0.3, 0.4) is 0 Å². The molecule has 0 amide bonds. The fourth-order valence-electron chi connectivity index (χ4n) is 8.80. The first-order valence-electron chi connectivity index (χ1n) is 15.2. The Labute approximate surface area is 234 Å². The average Bonchev–Trinajstić information content (AvgIpc) is 3.69. The highest BCUT2D eigenvalue weighted by Gasteiger charge is 2.54. The van der Waals surface area contributed by atoms with Gasteiger partial charge in [0, 0.05) is 24.9 Å². The Morgan fingerprint density at radius 2 is 1.05 bits per heavy atom. The fraction of sp³-hybridized carbons (Fsp3) is 0.562. The molecule has 12 rings (SSSR count). The number of aromatic nitrogens is 4. The second-order valence-corrected chi connectivity index (χ2v) is 13.3. The molecule has 0 N–H and O–H groups in total. The number of hydrogen-bond acceptors (Lipinski definition) is 6. The van der Waals surface area contributed by atoms with Crippen LogP contribution in [0, 0.1) is 25.7 Å². The molecular weight excluding hydrogens is 500 g/mol. The molecule has 0 aliphatic carbocycles. The number of benzene rings is 2. The number of hydrogen-bond donors (Lipinski definition) is 0. The van der Waals surface area contributed by atoms with Crippen LogP contribution in [-0.2, 0) is 13.1 Å². The van der Waals surface area contributed by atoms with E-state index in [-0.39, 0.29) is 11.2 Å². The van der Waals surface area contributed by atoms with Crippen LogP contribution in [0.2, 0.25) is 0 Å². The van der Waals surface area contributed by atoms with E-state index < -0.39 is 0 Å². The Bertz CT molecular complexity index is 1520. The van der Waals surface area contributed by atoms with Crippen molar-refractivity contribution in [2.24, 2.45) is 11.8 Å². The summed E-state index contributed by atoms with van der Waals surface area (Å²) in [6.45, 7) is 13.3. The second kappa shape index (κ2) is 8.23. The minimum absolute atomic E-state index is 0.00320. The third-order valence-electron chi connectivity index (χ3n) is 11.0. The number of nitrogens with zero attached hydrogens (tertiary/aromatic N) is 6. The number of aryl methyl sites for hydroxylation is 2. The van der Waals surface area contributed by atoms with E-state index in [1.54, 1.807) is 0 Å². The first-order chi connectivity index (χ1) is 19.5. The monoisotopic (exact) mass is 538 g/mol. The predicted octanol–water partition coefficient (Wildman–Crippen LogP) is 4.40.